The summed E-state index contributed by atoms with van der Waals surface area (Å²) >= 11 is 12.2. The zero-order chi connectivity index (χ0) is 21.8. The van der Waals surface area contributed by atoms with Crippen molar-refractivity contribution in [3.05, 3.63) is 92.7 Å². The summed E-state index contributed by atoms with van der Waals surface area (Å²) < 4.78 is 7.62. The van der Waals surface area contributed by atoms with E-state index in [1.807, 2.05) is 54.6 Å². The minimum atomic E-state index is -0.0599. The van der Waals surface area contributed by atoms with Crippen LogP contribution in [0.5, 0.6) is 5.75 Å². The van der Waals surface area contributed by atoms with Gasteiger partial charge in [-0.3, -0.25) is 9.36 Å². The molecule has 0 fully saturated rings. The van der Waals surface area contributed by atoms with Crippen LogP contribution in [0.25, 0.3) is 22.3 Å². The van der Waals surface area contributed by atoms with Crippen LogP contribution in [0.15, 0.2) is 71.5 Å². The molecule has 0 atom stereocenters. The Bertz CT molecular complexity index is 1270. The van der Waals surface area contributed by atoms with Crippen molar-refractivity contribution in [2.45, 2.75) is 26.3 Å². The average molecular weight is 453 g/mol. The van der Waals surface area contributed by atoms with Crippen molar-refractivity contribution in [2.75, 3.05) is 6.61 Å². The highest BCUT2D eigenvalue weighted by Crippen LogP contribution is 2.23. The minimum Gasteiger partial charge on any atom is -0.494 e. The van der Waals surface area contributed by atoms with Crippen LogP contribution in [-0.2, 0) is 13.0 Å². The molecular weight excluding hydrogens is 431 g/mol. The van der Waals surface area contributed by atoms with Crippen LogP contribution in [-0.4, -0.2) is 16.2 Å². The van der Waals surface area contributed by atoms with Gasteiger partial charge in [-0.05, 0) is 73.0 Å². The van der Waals surface area contributed by atoms with Crippen molar-refractivity contribution >= 4 is 34.1 Å². The number of nitrogens with zero attached hydrogens (tertiary/aromatic N) is 2. The highest BCUT2D eigenvalue weighted by Gasteiger charge is 2.13. The molecule has 0 aliphatic rings. The number of hydrogen-bond donors (Lipinski definition) is 0. The van der Waals surface area contributed by atoms with E-state index in [0.717, 1.165) is 28.3 Å². The van der Waals surface area contributed by atoms with Gasteiger partial charge in [0.25, 0.3) is 5.56 Å². The normalized spacial score (nSPS) is 11.1. The van der Waals surface area contributed by atoms with E-state index in [1.54, 1.807) is 16.7 Å². The number of aryl methyl sites for hydroxylation is 1. The first-order valence-corrected chi connectivity index (χ1v) is 11.0. The van der Waals surface area contributed by atoms with Crippen LogP contribution < -0.4 is 10.3 Å². The third kappa shape index (κ3) is 4.76. The number of hydrogen-bond acceptors (Lipinski definition) is 3. The minimum absolute atomic E-state index is 0.0599. The molecule has 1 heterocycles. The zero-order valence-electron chi connectivity index (χ0n) is 17.1. The molecule has 4 nitrogen and oxygen atoms in total. The van der Waals surface area contributed by atoms with E-state index >= 15 is 0 Å². The van der Waals surface area contributed by atoms with Gasteiger partial charge in [-0.25, -0.2) is 4.98 Å². The first-order valence-electron chi connectivity index (χ1n) is 10.2. The van der Waals surface area contributed by atoms with Crippen molar-refractivity contribution in [3.8, 4) is 17.1 Å². The first kappa shape index (κ1) is 21.4. The second kappa shape index (κ2) is 9.54. The number of aromatic nitrogens is 2. The van der Waals surface area contributed by atoms with E-state index in [4.69, 9.17) is 32.9 Å². The number of halogens is 2. The highest BCUT2D eigenvalue weighted by atomic mass is 35.5. The van der Waals surface area contributed by atoms with Crippen molar-refractivity contribution in [1.82, 2.24) is 9.55 Å². The Hall–Kier alpha value is -2.82. The van der Waals surface area contributed by atoms with Gasteiger partial charge in [0.05, 0.1) is 17.5 Å². The van der Waals surface area contributed by atoms with Gasteiger partial charge < -0.3 is 4.74 Å². The average Bonchev–Trinajstić information content (AvgIpc) is 2.79. The zero-order valence-corrected chi connectivity index (χ0v) is 18.7. The maximum atomic E-state index is 13.2. The van der Waals surface area contributed by atoms with Gasteiger partial charge in [-0.15, -0.1) is 0 Å². The van der Waals surface area contributed by atoms with Gasteiger partial charge in [0.2, 0.25) is 0 Å². The standard InChI is InChI=1S/C25H22Cl2N2O2/c1-2-17-16-20(12-13-22(17)27)31-15-5-14-29-24(18-8-10-19(26)11-9-18)28-23-7-4-3-6-21(23)25(29)30/h3-4,6-13,16H,2,5,14-15H2,1H3. The summed E-state index contributed by atoms with van der Waals surface area (Å²) in [5.41, 5.74) is 2.52. The number of ether oxygens (including phenoxy) is 1. The molecule has 31 heavy (non-hydrogen) atoms. The molecule has 6 heteroatoms. The Morgan fingerprint density at radius 2 is 1.77 bits per heavy atom. The number of fused-ring (bicyclic) bond motifs is 1. The van der Waals surface area contributed by atoms with Gasteiger partial charge in [0.1, 0.15) is 11.6 Å². The van der Waals surface area contributed by atoms with Gasteiger partial charge in [0, 0.05) is 22.2 Å². The van der Waals surface area contributed by atoms with E-state index < -0.39 is 0 Å². The molecule has 0 N–H and O–H groups in total. The number of rotatable bonds is 7. The molecular formula is C25H22Cl2N2O2. The van der Waals surface area contributed by atoms with E-state index in [-0.39, 0.29) is 5.56 Å². The van der Waals surface area contributed by atoms with Crippen molar-refractivity contribution in [2.24, 2.45) is 0 Å². The Labute approximate surface area is 191 Å². The van der Waals surface area contributed by atoms with E-state index in [0.29, 0.717) is 41.3 Å². The van der Waals surface area contributed by atoms with Crippen molar-refractivity contribution in [3.63, 3.8) is 0 Å². The molecule has 1 aromatic heterocycles. The Balaban J connectivity index is 1.59. The molecule has 0 saturated heterocycles. The molecule has 0 amide bonds. The molecule has 0 saturated carbocycles. The lowest BCUT2D eigenvalue weighted by atomic mass is 10.1. The molecule has 158 valence electrons. The predicted octanol–water partition coefficient (Wildman–Crippen LogP) is 6.40. The highest BCUT2D eigenvalue weighted by molar-refractivity contribution is 6.31. The second-order valence-electron chi connectivity index (χ2n) is 7.23. The van der Waals surface area contributed by atoms with Gasteiger partial charge >= 0.3 is 0 Å². The fraction of sp³-hybridized carbons (Fsp3) is 0.200. The summed E-state index contributed by atoms with van der Waals surface area (Å²) in [5.74, 6) is 1.41. The Morgan fingerprint density at radius 3 is 2.55 bits per heavy atom. The fourth-order valence-corrected chi connectivity index (χ4v) is 3.90. The van der Waals surface area contributed by atoms with E-state index in [9.17, 15) is 4.79 Å². The molecule has 0 aliphatic carbocycles. The van der Waals surface area contributed by atoms with E-state index in [2.05, 4.69) is 6.92 Å². The lowest BCUT2D eigenvalue weighted by Crippen LogP contribution is -2.24. The summed E-state index contributed by atoms with van der Waals surface area (Å²) in [7, 11) is 0. The summed E-state index contributed by atoms with van der Waals surface area (Å²) in [6.07, 6.45) is 1.50. The largest absolute Gasteiger partial charge is 0.494 e. The third-order valence-electron chi connectivity index (χ3n) is 5.16. The fourth-order valence-electron chi connectivity index (χ4n) is 3.52. The SMILES string of the molecule is CCc1cc(OCCCn2c(-c3ccc(Cl)cc3)nc3ccccc3c2=O)ccc1Cl. The van der Waals surface area contributed by atoms with Crippen LogP contribution in [0.3, 0.4) is 0 Å². The van der Waals surface area contributed by atoms with Gasteiger partial charge in [-0.2, -0.15) is 0 Å². The molecule has 4 rings (SSSR count). The monoisotopic (exact) mass is 452 g/mol. The topological polar surface area (TPSA) is 44.1 Å². The van der Waals surface area contributed by atoms with Crippen LogP contribution in [0.4, 0.5) is 0 Å². The van der Waals surface area contributed by atoms with Crippen LogP contribution in [0.2, 0.25) is 10.0 Å². The number of para-hydroxylation sites is 1. The summed E-state index contributed by atoms with van der Waals surface area (Å²) in [4.78, 5) is 18.0. The first-order chi connectivity index (χ1) is 15.1. The summed E-state index contributed by atoms with van der Waals surface area (Å²) in [6, 6.07) is 20.5. The third-order valence-corrected chi connectivity index (χ3v) is 5.78. The molecule has 0 bridgehead atoms. The van der Waals surface area contributed by atoms with Crippen LogP contribution >= 0.6 is 23.2 Å². The van der Waals surface area contributed by atoms with E-state index in [1.165, 1.54) is 0 Å². The lowest BCUT2D eigenvalue weighted by molar-refractivity contribution is 0.301. The Kier molecular flexibility index (Phi) is 6.59. The molecule has 0 spiro atoms. The molecule has 0 aliphatic heterocycles. The smallest absolute Gasteiger partial charge is 0.261 e. The van der Waals surface area contributed by atoms with Crippen molar-refractivity contribution < 1.29 is 4.74 Å². The number of benzene rings is 3. The Morgan fingerprint density at radius 1 is 1.00 bits per heavy atom. The van der Waals surface area contributed by atoms with Gasteiger partial charge in [-0.1, -0.05) is 42.3 Å². The van der Waals surface area contributed by atoms with Crippen molar-refractivity contribution in [1.29, 1.82) is 0 Å². The van der Waals surface area contributed by atoms with Crippen LogP contribution in [0.1, 0.15) is 18.9 Å². The molecule has 3 aromatic carbocycles. The lowest BCUT2D eigenvalue weighted by Gasteiger charge is -2.14. The molecule has 0 radical (unpaired) electrons. The maximum absolute atomic E-state index is 13.2. The molecule has 0 unspecified atom stereocenters. The summed E-state index contributed by atoms with van der Waals surface area (Å²) in [6.45, 7) is 3.02. The maximum Gasteiger partial charge on any atom is 0.261 e. The predicted molar refractivity (Wildman–Crippen MR) is 127 cm³/mol. The quantitative estimate of drug-likeness (QED) is 0.304. The second-order valence-corrected chi connectivity index (χ2v) is 8.07. The van der Waals surface area contributed by atoms with Crippen LogP contribution in [0, 0.1) is 0 Å². The van der Waals surface area contributed by atoms with Gasteiger partial charge in [0.15, 0.2) is 0 Å². The molecule has 4 aromatic rings. The summed E-state index contributed by atoms with van der Waals surface area (Å²) in [5, 5.41) is 1.99.